The molecule has 1 saturated heterocycles. The van der Waals surface area contributed by atoms with Crippen molar-refractivity contribution in [2.24, 2.45) is 0 Å². The van der Waals surface area contributed by atoms with Gasteiger partial charge in [-0.05, 0) is 26.7 Å². The summed E-state index contributed by atoms with van der Waals surface area (Å²) >= 11 is 1.70. The van der Waals surface area contributed by atoms with Gasteiger partial charge in [-0.3, -0.25) is 4.90 Å². The van der Waals surface area contributed by atoms with Gasteiger partial charge in [0.1, 0.15) is 0 Å². The van der Waals surface area contributed by atoms with Crippen molar-refractivity contribution < 1.29 is 9.84 Å². The number of hydrogen-bond acceptors (Lipinski definition) is 5. The topological polar surface area (TPSA) is 45.6 Å². The van der Waals surface area contributed by atoms with E-state index < -0.39 is 5.60 Å². The van der Waals surface area contributed by atoms with Gasteiger partial charge >= 0.3 is 0 Å². The number of thiazole rings is 1. The van der Waals surface area contributed by atoms with Crippen molar-refractivity contribution in [1.82, 2.24) is 9.88 Å². The first kappa shape index (κ1) is 14.4. The highest BCUT2D eigenvalue weighted by molar-refractivity contribution is 7.11. The summed E-state index contributed by atoms with van der Waals surface area (Å²) < 4.78 is 5.37. The maximum Gasteiger partial charge on any atom is 0.0951 e. The third-order valence-corrected chi connectivity index (χ3v) is 5.41. The molecule has 20 heavy (non-hydrogen) atoms. The van der Waals surface area contributed by atoms with Crippen LogP contribution in [0.1, 0.15) is 48.2 Å². The van der Waals surface area contributed by atoms with Gasteiger partial charge in [-0.2, -0.15) is 0 Å². The fourth-order valence-electron chi connectivity index (χ4n) is 2.64. The molecule has 0 aromatic carbocycles. The molecule has 4 nitrogen and oxygen atoms in total. The minimum absolute atomic E-state index is 0.602. The monoisotopic (exact) mass is 296 g/mol. The molecule has 1 N–H and O–H groups in total. The molecule has 0 radical (unpaired) electrons. The molecule has 5 heteroatoms. The summed E-state index contributed by atoms with van der Waals surface area (Å²) in [7, 11) is 0. The quantitative estimate of drug-likeness (QED) is 0.904. The number of hydrogen-bond donors (Lipinski definition) is 1. The molecule has 1 aromatic heterocycles. The summed E-state index contributed by atoms with van der Waals surface area (Å²) in [6, 6.07) is 0. The number of rotatable bonds is 5. The third-order valence-electron chi connectivity index (χ3n) is 3.96. The maximum absolute atomic E-state index is 10.3. The maximum atomic E-state index is 10.3. The van der Waals surface area contributed by atoms with Crippen molar-refractivity contribution in [2.45, 2.75) is 44.6 Å². The molecular formula is C15H24N2O2S. The zero-order chi connectivity index (χ0) is 14.2. The Hall–Kier alpha value is -0.490. The van der Waals surface area contributed by atoms with E-state index in [0.29, 0.717) is 5.92 Å². The summed E-state index contributed by atoms with van der Waals surface area (Å²) in [5, 5.41) is 11.5. The van der Waals surface area contributed by atoms with Gasteiger partial charge in [0, 0.05) is 32.0 Å². The second kappa shape index (κ2) is 5.72. The van der Waals surface area contributed by atoms with E-state index in [1.165, 1.54) is 23.5 Å². The third kappa shape index (κ3) is 3.39. The van der Waals surface area contributed by atoms with Crippen LogP contribution in [-0.4, -0.2) is 47.8 Å². The van der Waals surface area contributed by atoms with E-state index in [1.54, 1.807) is 11.3 Å². The van der Waals surface area contributed by atoms with Crippen LogP contribution in [0, 0.1) is 0 Å². The molecule has 0 spiro atoms. The van der Waals surface area contributed by atoms with Crippen LogP contribution in [-0.2, 0) is 16.8 Å². The van der Waals surface area contributed by atoms with Crippen LogP contribution >= 0.6 is 11.3 Å². The lowest BCUT2D eigenvalue weighted by atomic mass is 10.0. The Morgan fingerprint density at radius 3 is 2.65 bits per heavy atom. The average molecular weight is 296 g/mol. The summed E-state index contributed by atoms with van der Waals surface area (Å²) in [6.07, 6.45) is 3.45. The molecule has 0 atom stereocenters. The van der Waals surface area contributed by atoms with E-state index in [4.69, 9.17) is 9.72 Å². The second-order valence-corrected chi connectivity index (χ2v) is 7.44. The molecule has 1 aliphatic carbocycles. The minimum Gasteiger partial charge on any atom is -0.385 e. The Kier molecular flexibility index (Phi) is 4.13. The van der Waals surface area contributed by atoms with E-state index >= 15 is 0 Å². The summed E-state index contributed by atoms with van der Waals surface area (Å²) in [6.45, 7) is 8.54. The highest BCUT2D eigenvalue weighted by atomic mass is 32.1. The summed E-state index contributed by atoms with van der Waals surface area (Å²) in [4.78, 5) is 8.34. The molecule has 1 aliphatic heterocycles. The van der Waals surface area contributed by atoms with E-state index in [1.807, 2.05) is 13.8 Å². The molecule has 3 rings (SSSR count). The Balaban J connectivity index is 1.67. The van der Waals surface area contributed by atoms with Gasteiger partial charge in [0.05, 0.1) is 34.4 Å². The van der Waals surface area contributed by atoms with Crippen molar-refractivity contribution >= 4 is 11.3 Å². The highest BCUT2D eigenvalue weighted by Gasteiger charge is 2.34. The number of aliphatic hydroxyl groups is 1. The molecule has 2 aliphatic rings. The Morgan fingerprint density at radius 2 is 2.05 bits per heavy atom. The van der Waals surface area contributed by atoms with Gasteiger partial charge in [0.2, 0.25) is 0 Å². The van der Waals surface area contributed by atoms with Crippen LogP contribution in [0.5, 0.6) is 0 Å². The van der Waals surface area contributed by atoms with Crippen LogP contribution < -0.4 is 0 Å². The van der Waals surface area contributed by atoms with Crippen molar-refractivity contribution in [1.29, 1.82) is 0 Å². The lowest BCUT2D eigenvalue weighted by Gasteiger charge is -2.26. The predicted octanol–water partition coefficient (Wildman–Crippen LogP) is 2.12. The number of morpholine rings is 1. The molecule has 2 heterocycles. The van der Waals surface area contributed by atoms with Crippen molar-refractivity contribution in [3.8, 4) is 0 Å². The number of aromatic nitrogens is 1. The first-order valence-corrected chi connectivity index (χ1v) is 8.38. The van der Waals surface area contributed by atoms with E-state index in [0.717, 1.165) is 44.1 Å². The predicted molar refractivity (Wildman–Crippen MR) is 80.3 cm³/mol. The fourth-order valence-corrected chi connectivity index (χ4v) is 3.77. The molecule has 0 amide bonds. The number of ether oxygens (including phenoxy) is 1. The largest absolute Gasteiger partial charge is 0.385 e. The van der Waals surface area contributed by atoms with Crippen LogP contribution in [0.3, 0.4) is 0 Å². The summed E-state index contributed by atoms with van der Waals surface area (Å²) in [5.41, 5.74) is 0.409. The SMILES string of the molecule is CC(C)(O)c1sc(CCN2CCOCC2)nc1C1CC1. The fraction of sp³-hybridized carbons (Fsp3) is 0.800. The van der Waals surface area contributed by atoms with Crippen LogP contribution in [0.25, 0.3) is 0 Å². The van der Waals surface area contributed by atoms with E-state index in [9.17, 15) is 5.11 Å². The van der Waals surface area contributed by atoms with Gasteiger partial charge in [0.25, 0.3) is 0 Å². The van der Waals surface area contributed by atoms with Crippen LogP contribution in [0.4, 0.5) is 0 Å². The lowest BCUT2D eigenvalue weighted by Crippen LogP contribution is -2.37. The van der Waals surface area contributed by atoms with Crippen LogP contribution in [0.2, 0.25) is 0 Å². The average Bonchev–Trinajstić information content (AvgIpc) is 3.16. The van der Waals surface area contributed by atoms with E-state index in [-0.39, 0.29) is 0 Å². The Labute approximate surface area is 124 Å². The first-order valence-electron chi connectivity index (χ1n) is 7.56. The highest BCUT2D eigenvalue weighted by Crippen LogP contribution is 2.45. The first-order chi connectivity index (χ1) is 9.54. The molecule has 0 unspecified atom stereocenters. The molecule has 1 aromatic rings. The normalized spacial score (nSPS) is 21.4. The Morgan fingerprint density at radius 1 is 1.35 bits per heavy atom. The minimum atomic E-state index is -0.757. The smallest absolute Gasteiger partial charge is 0.0951 e. The van der Waals surface area contributed by atoms with Gasteiger partial charge in [-0.15, -0.1) is 11.3 Å². The summed E-state index contributed by atoms with van der Waals surface area (Å²) in [5.74, 6) is 0.602. The van der Waals surface area contributed by atoms with Gasteiger partial charge in [0.15, 0.2) is 0 Å². The Bertz CT molecular complexity index is 457. The number of nitrogens with zero attached hydrogens (tertiary/aromatic N) is 2. The van der Waals surface area contributed by atoms with E-state index in [2.05, 4.69) is 4.90 Å². The zero-order valence-electron chi connectivity index (χ0n) is 12.4. The van der Waals surface area contributed by atoms with Gasteiger partial charge in [-0.25, -0.2) is 4.98 Å². The van der Waals surface area contributed by atoms with Crippen molar-refractivity contribution in [2.75, 3.05) is 32.8 Å². The zero-order valence-corrected chi connectivity index (χ0v) is 13.2. The van der Waals surface area contributed by atoms with Gasteiger partial charge in [-0.1, -0.05) is 0 Å². The molecule has 0 bridgehead atoms. The van der Waals surface area contributed by atoms with Crippen molar-refractivity contribution in [3.63, 3.8) is 0 Å². The molecule has 1 saturated carbocycles. The van der Waals surface area contributed by atoms with Crippen LogP contribution in [0.15, 0.2) is 0 Å². The molecule has 2 fully saturated rings. The second-order valence-electron chi connectivity index (χ2n) is 6.36. The lowest BCUT2D eigenvalue weighted by molar-refractivity contribution is 0.0384. The molecular weight excluding hydrogens is 272 g/mol. The van der Waals surface area contributed by atoms with Gasteiger partial charge < -0.3 is 9.84 Å². The standard InChI is InChI=1S/C15H24N2O2S/c1-15(2,18)14-13(11-3-4-11)16-12(20-14)5-6-17-7-9-19-10-8-17/h11,18H,3-10H2,1-2H3. The van der Waals surface area contributed by atoms with Crippen molar-refractivity contribution in [3.05, 3.63) is 15.6 Å². The molecule has 112 valence electrons.